The van der Waals surface area contributed by atoms with Gasteiger partial charge in [-0.3, -0.25) is 4.90 Å². The van der Waals surface area contributed by atoms with Gasteiger partial charge in [-0.2, -0.15) is 0 Å². The normalized spacial score (nSPS) is 28.3. The average Bonchev–Trinajstić information content (AvgIpc) is 2.93. The Kier molecular flexibility index (Phi) is 4.61. The van der Waals surface area contributed by atoms with Crippen LogP contribution in [-0.4, -0.2) is 43.3 Å². The van der Waals surface area contributed by atoms with Gasteiger partial charge in [-0.25, -0.2) is 0 Å². The Labute approximate surface area is 126 Å². The molecule has 110 valence electrons. The Morgan fingerprint density at radius 2 is 2.30 bits per heavy atom. The summed E-state index contributed by atoms with van der Waals surface area (Å²) in [6.45, 7) is 6.13. The van der Waals surface area contributed by atoms with Crippen LogP contribution in [0.1, 0.15) is 31.4 Å². The van der Waals surface area contributed by atoms with Crippen LogP contribution < -0.4 is 5.32 Å². The molecule has 1 aromatic rings. The van der Waals surface area contributed by atoms with Crippen LogP contribution in [0.4, 0.5) is 0 Å². The molecule has 3 nitrogen and oxygen atoms in total. The Hall–Kier alpha value is -0.610. The van der Waals surface area contributed by atoms with Crippen molar-refractivity contribution in [3.8, 4) is 0 Å². The molecule has 4 heteroatoms. The largest absolute Gasteiger partial charge is 0.373 e. The molecule has 0 aromatic heterocycles. The van der Waals surface area contributed by atoms with Crippen LogP contribution in [0.2, 0.25) is 5.02 Å². The van der Waals surface area contributed by atoms with Crippen LogP contribution in [0.25, 0.3) is 0 Å². The molecule has 0 bridgehead atoms. The zero-order valence-corrected chi connectivity index (χ0v) is 12.8. The number of fused-ring (bicyclic) bond motifs is 1. The minimum atomic E-state index is 0.176. The predicted molar refractivity (Wildman–Crippen MR) is 82.2 cm³/mol. The molecule has 1 N–H and O–H groups in total. The van der Waals surface area contributed by atoms with E-state index in [9.17, 15) is 0 Å². The molecule has 0 aliphatic carbocycles. The lowest BCUT2D eigenvalue weighted by Crippen LogP contribution is -2.50. The molecule has 0 amide bonds. The van der Waals surface area contributed by atoms with Crippen molar-refractivity contribution >= 4 is 11.6 Å². The molecular formula is C16H23ClN2O. The maximum Gasteiger partial charge on any atom is 0.0897 e. The monoisotopic (exact) mass is 294 g/mol. The molecule has 2 fully saturated rings. The molecular weight excluding hydrogens is 272 g/mol. The molecule has 2 heterocycles. The predicted octanol–water partition coefficient (Wildman–Crippen LogP) is 2.85. The van der Waals surface area contributed by atoms with E-state index in [0.29, 0.717) is 6.04 Å². The van der Waals surface area contributed by atoms with Crippen LogP contribution in [-0.2, 0) is 4.74 Å². The van der Waals surface area contributed by atoms with Gasteiger partial charge in [0, 0.05) is 17.6 Å². The molecule has 3 atom stereocenters. The number of ether oxygens (including phenoxy) is 1. The van der Waals surface area contributed by atoms with Crippen molar-refractivity contribution in [3.63, 3.8) is 0 Å². The fourth-order valence-electron chi connectivity index (χ4n) is 3.43. The van der Waals surface area contributed by atoms with Crippen molar-refractivity contribution in [2.75, 3.05) is 26.2 Å². The van der Waals surface area contributed by atoms with Crippen LogP contribution in [0.5, 0.6) is 0 Å². The van der Waals surface area contributed by atoms with Gasteiger partial charge in [-0.15, -0.1) is 0 Å². The van der Waals surface area contributed by atoms with Crippen molar-refractivity contribution < 1.29 is 4.74 Å². The molecule has 0 saturated carbocycles. The molecule has 0 spiro atoms. The molecule has 20 heavy (non-hydrogen) atoms. The third kappa shape index (κ3) is 2.86. The van der Waals surface area contributed by atoms with Crippen molar-refractivity contribution in [2.24, 2.45) is 0 Å². The summed E-state index contributed by atoms with van der Waals surface area (Å²) in [6.07, 6.45) is 2.77. The van der Waals surface area contributed by atoms with Crippen molar-refractivity contribution in [2.45, 2.75) is 38.0 Å². The number of nitrogens with one attached hydrogen (secondary N) is 1. The number of morpholine rings is 1. The SMILES string of the molecule is CCNC(c1ccccc1Cl)C1CN2CCCC2CO1. The Morgan fingerprint density at radius 1 is 1.45 bits per heavy atom. The molecule has 2 aliphatic heterocycles. The highest BCUT2D eigenvalue weighted by Gasteiger charge is 2.36. The molecule has 3 rings (SSSR count). The van der Waals surface area contributed by atoms with E-state index in [1.165, 1.54) is 19.4 Å². The summed E-state index contributed by atoms with van der Waals surface area (Å²) in [5.74, 6) is 0. The third-order valence-corrected chi connectivity index (χ3v) is 4.80. The molecule has 2 aliphatic rings. The summed E-state index contributed by atoms with van der Waals surface area (Å²) in [4.78, 5) is 2.58. The van der Waals surface area contributed by atoms with E-state index in [1.807, 2.05) is 18.2 Å². The van der Waals surface area contributed by atoms with Gasteiger partial charge in [-0.1, -0.05) is 36.7 Å². The minimum Gasteiger partial charge on any atom is -0.373 e. The van der Waals surface area contributed by atoms with Gasteiger partial charge >= 0.3 is 0 Å². The second kappa shape index (κ2) is 6.44. The second-order valence-electron chi connectivity index (χ2n) is 5.72. The number of hydrogen-bond acceptors (Lipinski definition) is 3. The smallest absolute Gasteiger partial charge is 0.0897 e. The van der Waals surface area contributed by atoms with E-state index in [0.717, 1.165) is 30.3 Å². The van der Waals surface area contributed by atoms with Crippen LogP contribution in [0.15, 0.2) is 24.3 Å². The van der Waals surface area contributed by atoms with Crippen LogP contribution in [0, 0.1) is 0 Å². The van der Waals surface area contributed by atoms with Gasteiger partial charge in [0.1, 0.15) is 0 Å². The summed E-state index contributed by atoms with van der Waals surface area (Å²) in [6, 6.07) is 8.91. The number of benzene rings is 1. The standard InChI is InChI=1S/C16H23ClN2O/c1-2-18-16(13-7-3-4-8-14(13)17)15-10-19-9-5-6-12(19)11-20-15/h3-4,7-8,12,15-16,18H,2,5-6,9-11H2,1H3. The lowest BCUT2D eigenvalue weighted by atomic mass is 9.99. The Bertz CT molecular complexity index is 454. The van der Waals surface area contributed by atoms with Gasteiger partial charge in [-0.05, 0) is 37.6 Å². The van der Waals surface area contributed by atoms with E-state index in [2.05, 4.69) is 23.2 Å². The third-order valence-electron chi connectivity index (χ3n) is 4.45. The lowest BCUT2D eigenvalue weighted by molar-refractivity contribution is -0.0650. The topological polar surface area (TPSA) is 24.5 Å². The summed E-state index contributed by atoms with van der Waals surface area (Å²) in [5, 5.41) is 4.38. The number of hydrogen-bond donors (Lipinski definition) is 1. The highest BCUT2D eigenvalue weighted by atomic mass is 35.5. The molecule has 0 radical (unpaired) electrons. The van der Waals surface area contributed by atoms with E-state index in [-0.39, 0.29) is 12.1 Å². The van der Waals surface area contributed by atoms with E-state index < -0.39 is 0 Å². The van der Waals surface area contributed by atoms with Crippen LogP contribution in [0.3, 0.4) is 0 Å². The number of likely N-dealkylation sites (N-methyl/N-ethyl adjacent to an activating group) is 1. The quantitative estimate of drug-likeness (QED) is 0.924. The minimum absolute atomic E-state index is 0.176. The summed E-state index contributed by atoms with van der Waals surface area (Å²) >= 11 is 6.38. The first-order chi connectivity index (χ1) is 9.79. The highest BCUT2D eigenvalue weighted by molar-refractivity contribution is 6.31. The summed E-state index contributed by atoms with van der Waals surface area (Å²) in [7, 11) is 0. The van der Waals surface area contributed by atoms with Gasteiger partial charge < -0.3 is 10.1 Å². The van der Waals surface area contributed by atoms with Crippen molar-refractivity contribution in [1.29, 1.82) is 0 Å². The van der Waals surface area contributed by atoms with Gasteiger partial charge in [0.05, 0.1) is 18.8 Å². The lowest BCUT2D eigenvalue weighted by Gasteiger charge is -2.39. The van der Waals surface area contributed by atoms with Gasteiger partial charge in [0.2, 0.25) is 0 Å². The maximum atomic E-state index is 6.38. The van der Waals surface area contributed by atoms with Gasteiger partial charge in [0.25, 0.3) is 0 Å². The zero-order chi connectivity index (χ0) is 13.9. The first kappa shape index (κ1) is 14.3. The van der Waals surface area contributed by atoms with E-state index in [4.69, 9.17) is 16.3 Å². The van der Waals surface area contributed by atoms with E-state index >= 15 is 0 Å². The first-order valence-electron chi connectivity index (χ1n) is 7.63. The first-order valence-corrected chi connectivity index (χ1v) is 8.01. The number of halogens is 1. The Balaban J connectivity index is 1.78. The van der Waals surface area contributed by atoms with Crippen molar-refractivity contribution in [3.05, 3.63) is 34.9 Å². The number of rotatable bonds is 4. The molecule has 2 saturated heterocycles. The highest BCUT2D eigenvalue weighted by Crippen LogP contribution is 2.31. The summed E-state index contributed by atoms with van der Waals surface area (Å²) < 4.78 is 6.15. The second-order valence-corrected chi connectivity index (χ2v) is 6.13. The zero-order valence-electron chi connectivity index (χ0n) is 12.0. The fraction of sp³-hybridized carbons (Fsp3) is 0.625. The van der Waals surface area contributed by atoms with Gasteiger partial charge in [0.15, 0.2) is 0 Å². The average molecular weight is 295 g/mol. The molecule has 3 unspecified atom stereocenters. The fourth-order valence-corrected chi connectivity index (χ4v) is 3.69. The Morgan fingerprint density at radius 3 is 3.10 bits per heavy atom. The van der Waals surface area contributed by atoms with Crippen LogP contribution >= 0.6 is 11.6 Å². The summed E-state index contributed by atoms with van der Waals surface area (Å²) in [5.41, 5.74) is 1.15. The molecule has 1 aromatic carbocycles. The number of nitrogens with zero attached hydrogens (tertiary/aromatic N) is 1. The maximum absolute atomic E-state index is 6.38. The van der Waals surface area contributed by atoms with Crippen molar-refractivity contribution in [1.82, 2.24) is 10.2 Å². The van der Waals surface area contributed by atoms with E-state index in [1.54, 1.807) is 0 Å².